The highest BCUT2D eigenvalue weighted by molar-refractivity contribution is 6.02. The summed E-state index contributed by atoms with van der Waals surface area (Å²) in [6, 6.07) is 11.5. The van der Waals surface area contributed by atoms with Gasteiger partial charge in [0.1, 0.15) is 11.6 Å². The summed E-state index contributed by atoms with van der Waals surface area (Å²) in [4.78, 5) is 7.08. The molecule has 0 aliphatic carbocycles. The molecule has 106 valence electrons. The number of aliphatic imine (C=N–C) groups is 1. The lowest BCUT2D eigenvalue weighted by molar-refractivity contribution is 0.415. The molecule has 0 aliphatic heterocycles. The van der Waals surface area contributed by atoms with Crippen LogP contribution in [0.15, 0.2) is 47.5 Å². The zero-order valence-corrected chi connectivity index (χ0v) is 11.3. The summed E-state index contributed by atoms with van der Waals surface area (Å²) in [7, 11) is 1.58. The number of aromatic hydroxyl groups is 1. The first-order valence-corrected chi connectivity index (χ1v) is 6.35. The van der Waals surface area contributed by atoms with Gasteiger partial charge in [-0.2, -0.15) is 0 Å². The Hall–Kier alpha value is -2.82. The molecule has 3 rings (SSSR count). The van der Waals surface area contributed by atoms with Crippen molar-refractivity contribution in [2.45, 2.75) is 0 Å². The Labute approximate surface area is 120 Å². The van der Waals surface area contributed by atoms with E-state index in [2.05, 4.69) is 9.98 Å². The Bertz CT molecular complexity index is 824. The molecule has 21 heavy (non-hydrogen) atoms. The highest BCUT2D eigenvalue weighted by atomic mass is 19.1. The Balaban J connectivity index is 2.02. The van der Waals surface area contributed by atoms with E-state index in [0.29, 0.717) is 27.9 Å². The summed E-state index contributed by atoms with van der Waals surface area (Å²) >= 11 is 0. The number of nitrogens with one attached hydrogen (secondary N) is 1. The largest absolute Gasteiger partial charge is 0.497 e. The van der Waals surface area contributed by atoms with Gasteiger partial charge in [-0.25, -0.2) is 4.39 Å². The number of methoxy groups -OCH3 is 1. The molecule has 2 aromatic carbocycles. The van der Waals surface area contributed by atoms with E-state index in [9.17, 15) is 9.50 Å². The van der Waals surface area contributed by atoms with Crippen LogP contribution in [-0.2, 0) is 0 Å². The highest BCUT2D eigenvalue weighted by Gasteiger charge is 2.09. The minimum Gasteiger partial charge on any atom is -0.497 e. The summed E-state index contributed by atoms with van der Waals surface area (Å²) in [6.45, 7) is 0. The van der Waals surface area contributed by atoms with Gasteiger partial charge in [0, 0.05) is 23.2 Å². The van der Waals surface area contributed by atoms with E-state index in [1.807, 2.05) is 18.2 Å². The van der Waals surface area contributed by atoms with Crippen LogP contribution >= 0.6 is 0 Å². The Kier molecular flexibility index (Phi) is 3.31. The molecular weight excluding hydrogens is 271 g/mol. The van der Waals surface area contributed by atoms with Crippen LogP contribution in [0.3, 0.4) is 0 Å². The monoisotopic (exact) mass is 284 g/mol. The smallest absolute Gasteiger partial charge is 0.198 e. The number of ether oxygens (including phenoxy) is 1. The zero-order chi connectivity index (χ0) is 14.8. The van der Waals surface area contributed by atoms with Gasteiger partial charge in [0.2, 0.25) is 0 Å². The number of aromatic nitrogens is 1. The average molecular weight is 284 g/mol. The van der Waals surface area contributed by atoms with Crippen molar-refractivity contribution >= 4 is 22.8 Å². The van der Waals surface area contributed by atoms with Gasteiger partial charge in [-0.1, -0.05) is 6.07 Å². The summed E-state index contributed by atoms with van der Waals surface area (Å²) in [6.07, 6.45) is 1.50. The summed E-state index contributed by atoms with van der Waals surface area (Å²) in [5.74, 6) is 0.290. The minimum absolute atomic E-state index is 0.0396. The second-order valence-electron chi connectivity index (χ2n) is 4.54. The van der Waals surface area contributed by atoms with Crippen LogP contribution in [0.1, 0.15) is 5.56 Å². The van der Waals surface area contributed by atoms with Crippen molar-refractivity contribution in [1.82, 2.24) is 4.98 Å². The predicted octanol–water partition coefficient (Wildman–Crippen LogP) is 3.77. The van der Waals surface area contributed by atoms with E-state index in [1.165, 1.54) is 18.3 Å². The molecule has 4 nitrogen and oxygen atoms in total. The molecule has 3 aromatic rings. The molecule has 0 aliphatic rings. The van der Waals surface area contributed by atoms with Crippen molar-refractivity contribution in [3.8, 4) is 11.6 Å². The van der Waals surface area contributed by atoms with E-state index in [4.69, 9.17) is 4.74 Å². The molecule has 0 spiro atoms. The maximum absolute atomic E-state index is 13.3. The van der Waals surface area contributed by atoms with Crippen LogP contribution < -0.4 is 4.74 Å². The lowest BCUT2D eigenvalue weighted by Crippen LogP contribution is -1.82. The highest BCUT2D eigenvalue weighted by Crippen LogP contribution is 2.27. The molecule has 0 saturated heterocycles. The SMILES string of the molecule is COc1cccc(N=Cc2c(O)[nH]c3ccc(F)cc23)c1. The molecule has 0 unspecified atom stereocenters. The van der Waals surface area contributed by atoms with Gasteiger partial charge in [-0.3, -0.25) is 4.99 Å². The Morgan fingerprint density at radius 1 is 1.24 bits per heavy atom. The number of benzene rings is 2. The molecule has 0 fully saturated rings. The van der Waals surface area contributed by atoms with Crippen molar-refractivity contribution in [3.63, 3.8) is 0 Å². The lowest BCUT2D eigenvalue weighted by atomic mass is 10.2. The zero-order valence-electron chi connectivity index (χ0n) is 11.3. The first-order chi connectivity index (χ1) is 10.2. The first kappa shape index (κ1) is 13.2. The fourth-order valence-corrected chi connectivity index (χ4v) is 2.13. The predicted molar refractivity (Wildman–Crippen MR) is 80.2 cm³/mol. The van der Waals surface area contributed by atoms with E-state index in [0.717, 1.165) is 0 Å². The molecule has 1 aromatic heterocycles. The van der Waals surface area contributed by atoms with Crippen molar-refractivity contribution in [2.24, 2.45) is 4.99 Å². The van der Waals surface area contributed by atoms with Crippen molar-refractivity contribution in [3.05, 3.63) is 53.8 Å². The van der Waals surface area contributed by atoms with Gasteiger partial charge in [-0.05, 0) is 30.3 Å². The van der Waals surface area contributed by atoms with E-state index in [1.54, 1.807) is 19.2 Å². The van der Waals surface area contributed by atoms with Crippen molar-refractivity contribution < 1.29 is 14.2 Å². The molecule has 1 heterocycles. The average Bonchev–Trinajstić information content (AvgIpc) is 2.80. The van der Waals surface area contributed by atoms with Gasteiger partial charge in [-0.15, -0.1) is 0 Å². The quantitative estimate of drug-likeness (QED) is 0.719. The second-order valence-corrected chi connectivity index (χ2v) is 4.54. The Morgan fingerprint density at radius 2 is 2.10 bits per heavy atom. The third-order valence-corrected chi connectivity index (χ3v) is 3.18. The van der Waals surface area contributed by atoms with Crippen molar-refractivity contribution in [1.29, 1.82) is 0 Å². The number of aromatic amines is 1. The van der Waals surface area contributed by atoms with Crippen LogP contribution in [0, 0.1) is 5.82 Å². The van der Waals surface area contributed by atoms with Gasteiger partial charge >= 0.3 is 0 Å². The number of rotatable bonds is 3. The van der Waals surface area contributed by atoms with Crippen LogP contribution in [-0.4, -0.2) is 23.4 Å². The third-order valence-electron chi connectivity index (χ3n) is 3.18. The maximum atomic E-state index is 13.3. The normalized spacial score (nSPS) is 11.3. The third kappa shape index (κ3) is 2.58. The van der Waals surface area contributed by atoms with Crippen LogP contribution in [0.25, 0.3) is 10.9 Å². The number of H-pyrrole nitrogens is 1. The number of hydrogen-bond donors (Lipinski definition) is 2. The van der Waals surface area contributed by atoms with Gasteiger partial charge < -0.3 is 14.8 Å². The van der Waals surface area contributed by atoms with Gasteiger partial charge in [0.05, 0.1) is 18.4 Å². The molecule has 0 bridgehead atoms. The molecule has 2 N–H and O–H groups in total. The number of fused-ring (bicyclic) bond motifs is 1. The summed E-state index contributed by atoms with van der Waals surface area (Å²) in [5, 5.41) is 10.5. The van der Waals surface area contributed by atoms with Crippen LogP contribution in [0.4, 0.5) is 10.1 Å². The van der Waals surface area contributed by atoms with Gasteiger partial charge in [0.25, 0.3) is 0 Å². The van der Waals surface area contributed by atoms with Crippen molar-refractivity contribution in [2.75, 3.05) is 7.11 Å². The molecule has 0 saturated carbocycles. The lowest BCUT2D eigenvalue weighted by Gasteiger charge is -1.99. The van der Waals surface area contributed by atoms with E-state index >= 15 is 0 Å². The maximum Gasteiger partial charge on any atom is 0.198 e. The fraction of sp³-hybridized carbons (Fsp3) is 0.0625. The van der Waals surface area contributed by atoms with Gasteiger partial charge in [0.15, 0.2) is 5.88 Å². The summed E-state index contributed by atoms with van der Waals surface area (Å²) in [5.41, 5.74) is 1.79. The standard InChI is InChI=1S/C16H13FN2O2/c1-21-12-4-2-3-11(8-12)18-9-14-13-7-10(17)5-6-15(13)19-16(14)20/h2-9,19-20H,1H3. The second kappa shape index (κ2) is 5.28. The molecular formula is C16H13FN2O2. The molecule has 0 radical (unpaired) electrons. The van der Waals surface area contributed by atoms with E-state index in [-0.39, 0.29) is 11.7 Å². The number of nitrogens with zero attached hydrogens (tertiary/aromatic N) is 1. The number of hydrogen-bond acceptors (Lipinski definition) is 3. The Morgan fingerprint density at radius 3 is 2.90 bits per heavy atom. The van der Waals surface area contributed by atoms with E-state index < -0.39 is 0 Å². The molecule has 0 atom stereocenters. The van der Waals surface area contributed by atoms with Crippen LogP contribution in [0.5, 0.6) is 11.6 Å². The molecule has 5 heteroatoms. The minimum atomic E-state index is -0.363. The first-order valence-electron chi connectivity index (χ1n) is 6.35. The summed E-state index contributed by atoms with van der Waals surface area (Å²) < 4.78 is 18.5. The molecule has 0 amide bonds. The topological polar surface area (TPSA) is 57.6 Å². The fourth-order valence-electron chi connectivity index (χ4n) is 2.13. The number of halogens is 1. The van der Waals surface area contributed by atoms with Crippen LogP contribution in [0.2, 0.25) is 0 Å².